The van der Waals surface area contributed by atoms with E-state index in [4.69, 9.17) is 0 Å². The maximum absolute atomic E-state index is 11.3. The normalized spacial score (nSPS) is 13.8. The van der Waals surface area contributed by atoms with Crippen molar-refractivity contribution >= 4 is 5.91 Å². The van der Waals surface area contributed by atoms with E-state index in [1.165, 1.54) is 6.08 Å². The number of aliphatic hydroxyl groups excluding tert-OH is 1. The Morgan fingerprint density at radius 3 is 2.65 bits per heavy atom. The van der Waals surface area contributed by atoms with E-state index in [-0.39, 0.29) is 11.9 Å². The second kappa shape index (κ2) is 6.83. The Kier molecular flexibility index (Phi) is 5.39. The molecule has 92 valence electrons. The zero-order valence-electron chi connectivity index (χ0n) is 9.89. The third kappa shape index (κ3) is 4.80. The van der Waals surface area contributed by atoms with Crippen LogP contribution in [0.15, 0.2) is 43.0 Å². The van der Waals surface area contributed by atoms with Crippen LogP contribution in [-0.2, 0) is 4.79 Å². The Hall–Kier alpha value is -1.65. The van der Waals surface area contributed by atoms with Crippen LogP contribution in [-0.4, -0.2) is 23.8 Å². The molecule has 3 N–H and O–H groups in total. The largest absolute Gasteiger partial charge is 0.379 e. The average molecular weight is 234 g/mol. The summed E-state index contributed by atoms with van der Waals surface area (Å²) in [6, 6.07) is 9.40. The smallest absolute Gasteiger partial charge is 0.243 e. The number of aliphatic hydroxyl groups is 1. The highest BCUT2D eigenvalue weighted by atomic mass is 16.3. The molecule has 1 aromatic rings. The quantitative estimate of drug-likeness (QED) is 0.507. The molecule has 2 atom stereocenters. The SMILES string of the molecule is C=CC(=O)NC(CNC(C)O)c1ccccc1. The molecule has 17 heavy (non-hydrogen) atoms. The van der Waals surface area contributed by atoms with Crippen LogP contribution in [0, 0.1) is 0 Å². The van der Waals surface area contributed by atoms with E-state index in [2.05, 4.69) is 17.2 Å². The summed E-state index contributed by atoms with van der Waals surface area (Å²) in [4.78, 5) is 11.3. The molecule has 0 heterocycles. The number of carbonyl (C=O) groups excluding carboxylic acids is 1. The first-order chi connectivity index (χ1) is 8.13. The third-order valence-electron chi connectivity index (χ3n) is 2.32. The average Bonchev–Trinajstić information content (AvgIpc) is 2.35. The minimum atomic E-state index is -0.609. The van der Waals surface area contributed by atoms with Crippen LogP contribution in [0.5, 0.6) is 0 Å². The van der Waals surface area contributed by atoms with Crippen LogP contribution in [0.25, 0.3) is 0 Å². The molecule has 1 rings (SSSR count). The van der Waals surface area contributed by atoms with E-state index >= 15 is 0 Å². The Morgan fingerprint density at radius 1 is 1.47 bits per heavy atom. The molecule has 1 amide bonds. The Balaban J connectivity index is 2.71. The molecule has 0 saturated carbocycles. The molecular weight excluding hydrogens is 216 g/mol. The van der Waals surface area contributed by atoms with Gasteiger partial charge in [-0.25, -0.2) is 0 Å². The van der Waals surface area contributed by atoms with Gasteiger partial charge in [0.15, 0.2) is 0 Å². The fourth-order valence-electron chi connectivity index (χ4n) is 1.46. The molecule has 0 aliphatic carbocycles. The molecule has 2 unspecified atom stereocenters. The van der Waals surface area contributed by atoms with E-state index in [1.54, 1.807) is 6.92 Å². The summed E-state index contributed by atoms with van der Waals surface area (Å²) in [6.07, 6.45) is 0.625. The molecule has 0 aliphatic rings. The summed E-state index contributed by atoms with van der Waals surface area (Å²) in [5.41, 5.74) is 0.982. The van der Waals surface area contributed by atoms with Crippen molar-refractivity contribution in [2.24, 2.45) is 0 Å². The minimum absolute atomic E-state index is 0.184. The third-order valence-corrected chi connectivity index (χ3v) is 2.32. The highest BCUT2D eigenvalue weighted by molar-refractivity contribution is 5.87. The van der Waals surface area contributed by atoms with Crippen LogP contribution in [0.1, 0.15) is 18.5 Å². The van der Waals surface area contributed by atoms with Gasteiger partial charge < -0.3 is 10.4 Å². The van der Waals surface area contributed by atoms with Crippen LogP contribution < -0.4 is 10.6 Å². The zero-order valence-corrected chi connectivity index (χ0v) is 9.89. The molecule has 0 bridgehead atoms. The van der Waals surface area contributed by atoms with Crippen molar-refractivity contribution in [3.63, 3.8) is 0 Å². The second-order valence-corrected chi connectivity index (χ2v) is 3.76. The molecule has 1 aromatic carbocycles. The summed E-state index contributed by atoms with van der Waals surface area (Å²) in [7, 11) is 0. The standard InChI is InChI=1S/C13H18N2O2/c1-3-13(17)15-12(9-14-10(2)16)11-7-5-4-6-8-11/h3-8,10,12,14,16H,1,9H2,2H3,(H,15,17). The first-order valence-electron chi connectivity index (χ1n) is 5.53. The molecular formula is C13H18N2O2. The van der Waals surface area contributed by atoms with Crippen LogP contribution in [0.4, 0.5) is 0 Å². The van der Waals surface area contributed by atoms with Crippen LogP contribution >= 0.6 is 0 Å². The maximum atomic E-state index is 11.3. The molecule has 4 nitrogen and oxygen atoms in total. The summed E-state index contributed by atoms with van der Waals surface area (Å²) < 4.78 is 0. The first kappa shape index (κ1) is 13.4. The number of carbonyl (C=O) groups is 1. The topological polar surface area (TPSA) is 61.4 Å². The molecule has 0 spiro atoms. The van der Waals surface area contributed by atoms with Crippen molar-refractivity contribution in [1.29, 1.82) is 0 Å². The van der Waals surface area contributed by atoms with Gasteiger partial charge in [0.2, 0.25) is 5.91 Å². The lowest BCUT2D eigenvalue weighted by Gasteiger charge is -2.20. The van der Waals surface area contributed by atoms with E-state index in [1.807, 2.05) is 30.3 Å². The lowest BCUT2D eigenvalue weighted by Crippen LogP contribution is -2.38. The van der Waals surface area contributed by atoms with E-state index in [9.17, 15) is 9.90 Å². The monoisotopic (exact) mass is 234 g/mol. The predicted molar refractivity (Wildman–Crippen MR) is 67.2 cm³/mol. The predicted octanol–water partition coefficient (Wildman–Crippen LogP) is 0.958. The fourth-order valence-corrected chi connectivity index (χ4v) is 1.46. The molecule has 0 aliphatic heterocycles. The lowest BCUT2D eigenvalue weighted by molar-refractivity contribution is -0.117. The van der Waals surface area contributed by atoms with Crippen molar-refractivity contribution in [3.8, 4) is 0 Å². The molecule has 0 fully saturated rings. The number of hydrogen-bond donors (Lipinski definition) is 3. The molecule has 4 heteroatoms. The van der Waals surface area contributed by atoms with Gasteiger partial charge in [0.25, 0.3) is 0 Å². The highest BCUT2D eigenvalue weighted by Crippen LogP contribution is 2.11. The highest BCUT2D eigenvalue weighted by Gasteiger charge is 2.13. The Morgan fingerprint density at radius 2 is 2.12 bits per heavy atom. The summed E-state index contributed by atoms with van der Waals surface area (Å²) in [6.45, 7) is 5.52. The maximum Gasteiger partial charge on any atom is 0.243 e. The van der Waals surface area contributed by atoms with E-state index in [0.717, 1.165) is 5.56 Å². The first-order valence-corrected chi connectivity index (χ1v) is 5.53. The minimum Gasteiger partial charge on any atom is -0.379 e. The summed E-state index contributed by atoms with van der Waals surface area (Å²) in [5.74, 6) is -0.230. The van der Waals surface area contributed by atoms with Crippen molar-refractivity contribution < 1.29 is 9.90 Å². The van der Waals surface area contributed by atoms with Gasteiger partial charge in [0.05, 0.1) is 6.04 Å². The zero-order chi connectivity index (χ0) is 12.7. The Bertz CT molecular complexity index is 363. The van der Waals surface area contributed by atoms with Gasteiger partial charge in [-0.2, -0.15) is 0 Å². The van der Waals surface area contributed by atoms with Crippen LogP contribution in [0.3, 0.4) is 0 Å². The van der Waals surface area contributed by atoms with Gasteiger partial charge in [-0.15, -0.1) is 0 Å². The number of rotatable bonds is 6. The van der Waals surface area contributed by atoms with Crippen LogP contribution in [0.2, 0.25) is 0 Å². The van der Waals surface area contributed by atoms with E-state index in [0.29, 0.717) is 6.54 Å². The van der Waals surface area contributed by atoms with Gasteiger partial charge in [0.1, 0.15) is 6.23 Å². The van der Waals surface area contributed by atoms with Crippen molar-refractivity contribution in [2.45, 2.75) is 19.2 Å². The lowest BCUT2D eigenvalue weighted by atomic mass is 10.1. The van der Waals surface area contributed by atoms with Crippen molar-refractivity contribution in [1.82, 2.24) is 10.6 Å². The second-order valence-electron chi connectivity index (χ2n) is 3.76. The molecule has 0 radical (unpaired) electrons. The number of nitrogens with one attached hydrogen (secondary N) is 2. The van der Waals surface area contributed by atoms with Gasteiger partial charge in [0, 0.05) is 6.54 Å². The van der Waals surface area contributed by atoms with E-state index < -0.39 is 6.23 Å². The number of hydrogen-bond acceptors (Lipinski definition) is 3. The van der Waals surface area contributed by atoms with Crippen molar-refractivity contribution in [2.75, 3.05) is 6.54 Å². The van der Waals surface area contributed by atoms with Gasteiger partial charge in [-0.3, -0.25) is 10.1 Å². The summed E-state index contributed by atoms with van der Waals surface area (Å²) in [5, 5.41) is 14.9. The summed E-state index contributed by atoms with van der Waals surface area (Å²) >= 11 is 0. The number of amides is 1. The van der Waals surface area contributed by atoms with Gasteiger partial charge in [-0.05, 0) is 18.6 Å². The van der Waals surface area contributed by atoms with Crippen molar-refractivity contribution in [3.05, 3.63) is 48.6 Å². The van der Waals surface area contributed by atoms with Gasteiger partial charge >= 0.3 is 0 Å². The Labute approximate surface area is 101 Å². The molecule has 0 aromatic heterocycles. The van der Waals surface area contributed by atoms with Gasteiger partial charge in [-0.1, -0.05) is 36.9 Å². The number of benzene rings is 1. The fraction of sp³-hybridized carbons (Fsp3) is 0.308. The molecule has 0 saturated heterocycles.